The molecular weight excluding hydrogens is 480 g/mol. The third-order valence-electron chi connectivity index (χ3n) is 4.69. The molecule has 1 N–H and O–H groups in total. The first kappa shape index (κ1) is 25.1. The minimum Gasteiger partial charge on any atom is -0.481 e. The van der Waals surface area contributed by atoms with Crippen LogP contribution in [-0.4, -0.2) is 42.4 Å². The van der Waals surface area contributed by atoms with Crippen LogP contribution in [0.25, 0.3) is 11.3 Å². The van der Waals surface area contributed by atoms with E-state index < -0.39 is 40.2 Å². The molecular formula is C22H18F4N2O5S. The molecule has 0 saturated carbocycles. The third-order valence-corrected chi connectivity index (χ3v) is 6.50. The molecule has 180 valence electrons. The second-order valence-corrected chi connectivity index (χ2v) is 9.20. The van der Waals surface area contributed by atoms with Crippen LogP contribution in [0.3, 0.4) is 0 Å². The zero-order chi connectivity index (χ0) is 25.1. The van der Waals surface area contributed by atoms with Gasteiger partial charge < -0.3 is 9.84 Å². The molecule has 1 aromatic heterocycles. The first-order chi connectivity index (χ1) is 15.9. The number of benzene rings is 2. The Bertz CT molecular complexity index is 1300. The van der Waals surface area contributed by atoms with Crippen molar-refractivity contribution in [3.8, 4) is 17.0 Å². The number of carbonyl (C=O) groups is 1. The number of halogens is 4. The van der Waals surface area contributed by atoms with Crippen molar-refractivity contribution in [2.75, 3.05) is 13.7 Å². The van der Waals surface area contributed by atoms with E-state index in [1.54, 1.807) is 0 Å². The maximum atomic E-state index is 13.2. The minimum atomic E-state index is -4.64. The predicted molar refractivity (Wildman–Crippen MR) is 113 cm³/mol. The molecule has 0 saturated heterocycles. The van der Waals surface area contributed by atoms with Gasteiger partial charge in [-0.25, -0.2) is 17.6 Å². The fraction of sp³-hybridized carbons (Fsp3) is 0.182. The van der Waals surface area contributed by atoms with Gasteiger partial charge in [0.2, 0.25) is 10.0 Å². The number of sulfonamides is 1. The smallest absolute Gasteiger partial charge is 0.416 e. The molecule has 0 atom stereocenters. The lowest BCUT2D eigenvalue weighted by Gasteiger charge is -2.19. The molecule has 0 amide bonds. The Balaban J connectivity index is 1.98. The minimum absolute atomic E-state index is 0.0398. The van der Waals surface area contributed by atoms with Crippen LogP contribution >= 0.6 is 0 Å². The number of ether oxygens (including phenoxy) is 1. The van der Waals surface area contributed by atoms with Gasteiger partial charge in [-0.15, -0.1) is 0 Å². The molecule has 3 rings (SSSR count). The Morgan fingerprint density at radius 3 is 2.38 bits per heavy atom. The van der Waals surface area contributed by atoms with Gasteiger partial charge in [0.05, 0.1) is 16.2 Å². The van der Waals surface area contributed by atoms with Crippen LogP contribution in [-0.2, 0) is 27.5 Å². The van der Waals surface area contributed by atoms with Gasteiger partial charge in [-0.1, -0.05) is 6.07 Å². The molecule has 0 spiro atoms. The van der Waals surface area contributed by atoms with Crippen LogP contribution in [0.2, 0.25) is 0 Å². The predicted octanol–water partition coefficient (Wildman–Crippen LogP) is 4.19. The van der Waals surface area contributed by atoms with E-state index in [0.29, 0.717) is 5.56 Å². The first-order valence-corrected chi connectivity index (χ1v) is 11.0. The highest BCUT2D eigenvalue weighted by Crippen LogP contribution is 2.35. The van der Waals surface area contributed by atoms with Crippen molar-refractivity contribution >= 4 is 16.0 Å². The largest absolute Gasteiger partial charge is 0.481 e. The molecule has 7 nitrogen and oxygen atoms in total. The molecule has 3 aromatic rings. The molecule has 0 fully saturated rings. The van der Waals surface area contributed by atoms with Crippen molar-refractivity contribution in [1.82, 2.24) is 9.29 Å². The van der Waals surface area contributed by atoms with Gasteiger partial charge in [-0.05, 0) is 54.1 Å². The molecule has 0 unspecified atom stereocenters. The topological polar surface area (TPSA) is 96.8 Å². The number of nitrogens with zero attached hydrogens (tertiary/aromatic N) is 2. The van der Waals surface area contributed by atoms with Crippen LogP contribution in [0.15, 0.2) is 65.7 Å². The summed E-state index contributed by atoms with van der Waals surface area (Å²) in [4.78, 5) is 14.7. The quantitative estimate of drug-likeness (QED) is 0.468. The summed E-state index contributed by atoms with van der Waals surface area (Å²) in [5.74, 6) is -1.93. The van der Waals surface area contributed by atoms with Gasteiger partial charge in [0.15, 0.2) is 6.61 Å². The number of carboxylic acid groups (broad SMARTS) is 1. The third kappa shape index (κ3) is 5.88. The summed E-state index contributed by atoms with van der Waals surface area (Å²) in [5.41, 5.74) is -0.688. The summed E-state index contributed by atoms with van der Waals surface area (Å²) >= 11 is 0. The molecule has 0 bridgehead atoms. The highest BCUT2D eigenvalue weighted by atomic mass is 32.2. The van der Waals surface area contributed by atoms with E-state index in [4.69, 9.17) is 9.84 Å². The van der Waals surface area contributed by atoms with E-state index in [1.807, 2.05) is 0 Å². The van der Waals surface area contributed by atoms with E-state index in [2.05, 4.69) is 4.98 Å². The summed E-state index contributed by atoms with van der Waals surface area (Å²) in [6.45, 7) is -0.935. The number of aromatic nitrogens is 1. The van der Waals surface area contributed by atoms with Gasteiger partial charge in [-0.2, -0.15) is 17.5 Å². The monoisotopic (exact) mass is 498 g/mol. The van der Waals surface area contributed by atoms with Crippen molar-refractivity contribution < 1.29 is 40.6 Å². The van der Waals surface area contributed by atoms with Gasteiger partial charge in [0, 0.05) is 25.4 Å². The number of hydrogen-bond donors (Lipinski definition) is 1. The SMILES string of the molecule is CN(Cc1ccc(OCC(=O)O)c(-c2cc(C(F)(F)F)ccn2)c1)S(=O)(=O)c1ccc(F)cc1. The second kappa shape index (κ2) is 9.77. The zero-order valence-electron chi connectivity index (χ0n) is 17.6. The highest BCUT2D eigenvalue weighted by molar-refractivity contribution is 7.89. The summed E-state index contributed by atoms with van der Waals surface area (Å²) < 4.78 is 84.4. The molecule has 0 aliphatic carbocycles. The van der Waals surface area contributed by atoms with Gasteiger partial charge in [0.1, 0.15) is 11.6 Å². The molecule has 2 aromatic carbocycles. The van der Waals surface area contributed by atoms with Crippen LogP contribution < -0.4 is 4.74 Å². The van der Waals surface area contributed by atoms with E-state index >= 15 is 0 Å². The molecule has 0 aliphatic heterocycles. The summed E-state index contributed by atoms with van der Waals surface area (Å²) in [6.07, 6.45) is -3.68. The number of alkyl halides is 3. The second-order valence-electron chi connectivity index (χ2n) is 7.16. The lowest BCUT2D eigenvalue weighted by molar-refractivity contribution is -0.139. The van der Waals surface area contributed by atoms with E-state index in [-0.39, 0.29) is 28.4 Å². The number of aliphatic carboxylic acids is 1. The fourth-order valence-electron chi connectivity index (χ4n) is 3.02. The van der Waals surface area contributed by atoms with Crippen molar-refractivity contribution in [3.05, 3.63) is 77.7 Å². The Morgan fingerprint density at radius 2 is 1.76 bits per heavy atom. The van der Waals surface area contributed by atoms with Gasteiger partial charge in [-0.3, -0.25) is 4.98 Å². The lowest BCUT2D eigenvalue weighted by atomic mass is 10.0. The normalized spacial score (nSPS) is 12.1. The number of carboxylic acids is 1. The Hall–Kier alpha value is -3.51. The number of rotatable bonds is 8. The average Bonchev–Trinajstić information content (AvgIpc) is 2.78. The van der Waals surface area contributed by atoms with E-state index in [0.717, 1.165) is 46.9 Å². The van der Waals surface area contributed by atoms with Crippen LogP contribution in [0, 0.1) is 5.82 Å². The van der Waals surface area contributed by atoms with Crippen molar-refractivity contribution in [2.45, 2.75) is 17.6 Å². The van der Waals surface area contributed by atoms with Crippen LogP contribution in [0.5, 0.6) is 5.75 Å². The van der Waals surface area contributed by atoms with Crippen LogP contribution in [0.1, 0.15) is 11.1 Å². The first-order valence-electron chi connectivity index (χ1n) is 9.61. The molecule has 34 heavy (non-hydrogen) atoms. The van der Waals surface area contributed by atoms with Crippen molar-refractivity contribution in [3.63, 3.8) is 0 Å². The van der Waals surface area contributed by atoms with Crippen molar-refractivity contribution in [1.29, 1.82) is 0 Å². The Morgan fingerprint density at radius 1 is 1.09 bits per heavy atom. The molecule has 1 heterocycles. The van der Waals surface area contributed by atoms with Crippen molar-refractivity contribution in [2.24, 2.45) is 0 Å². The average molecular weight is 498 g/mol. The van der Waals surface area contributed by atoms with Gasteiger partial charge >= 0.3 is 12.1 Å². The molecule has 0 radical (unpaired) electrons. The van der Waals surface area contributed by atoms with Crippen LogP contribution in [0.4, 0.5) is 17.6 Å². The zero-order valence-corrected chi connectivity index (χ0v) is 18.4. The lowest BCUT2D eigenvalue weighted by Crippen LogP contribution is -2.26. The maximum absolute atomic E-state index is 13.2. The summed E-state index contributed by atoms with van der Waals surface area (Å²) in [7, 11) is -2.71. The molecule has 0 aliphatic rings. The summed E-state index contributed by atoms with van der Waals surface area (Å²) in [5, 5.41) is 8.89. The fourth-order valence-corrected chi connectivity index (χ4v) is 4.18. The number of hydrogen-bond acceptors (Lipinski definition) is 5. The van der Waals surface area contributed by atoms with Gasteiger partial charge in [0.25, 0.3) is 0 Å². The number of pyridine rings is 1. The standard InChI is InChI=1S/C22H18F4N2O5S/c1-28(34(31,32)17-5-3-16(23)4-6-17)12-14-2-7-20(33-13-21(29)30)18(10-14)19-11-15(8-9-27-19)22(24,25)26/h2-11H,12-13H2,1H3,(H,29,30). The van der Waals surface area contributed by atoms with E-state index in [9.17, 15) is 30.8 Å². The maximum Gasteiger partial charge on any atom is 0.416 e. The molecule has 12 heteroatoms. The van der Waals surface area contributed by atoms with E-state index in [1.165, 1.54) is 25.2 Å². The Labute approximate surface area is 192 Å². The summed E-state index contributed by atoms with van der Waals surface area (Å²) in [6, 6.07) is 9.96. The highest BCUT2D eigenvalue weighted by Gasteiger charge is 2.31. The Kier molecular flexibility index (Phi) is 7.22.